The lowest BCUT2D eigenvalue weighted by molar-refractivity contribution is -0.129. The van der Waals surface area contributed by atoms with E-state index in [2.05, 4.69) is 13.2 Å². The van der Waals surface area contributed by atoms with Gasteiger partial charge in [-0.1, -0.05) is 23.8 Å². The summed E-state index contributed by atoms with van der Waals surface area (Å²) in [5.41, 5.74) is 0. The number of nitrogens with zero attached hydrogens (tertiary/aromatic N) is 1. The van der Waals surface area contributed by atoms with Crippen molar-refractivity contribution in [3.63, 3.8) is 0 Å². The Labute approximate surface area is 124 Å². The third-order valence-electron chi connectivity index (χ3n) is 2.45. The van der Waals surface area contributed by atoms with Gasteiger partial charge in [-0.15, -0.1) is 24.9 Å². The van der Waals surface area contributed by atoms with Gasteiger partial charge in [-0.2, -0.15) is 0 Å². The van der Waals surface area contributed by atoms with E-state index < -0.39 is 0 Å². The third kappa shape index (κ3) is 5.99. The van der Waals surface area contributed by atoms with Crippen LogP contribution in [-0.2, 0) is 4.79 Å². The van der Waals surface area contributed by atoms with Gasteiger partial charge < -0.3 is 4.90 Å². The number of amides is 1. The molecule has 1 amide bonds. The number of carbonyl (C=O) groups is 1. The van der Waals surface area contributed by atoms with E-state index in [1.54, 1.807) is 28.8 Å². The van der Waals surface area contributed by atoms with E-state index in [0.29, 0.717) is 19.5 Å². The number of halogens is 1. The van der Waals surface area contributed by atoms with Gasteiger partial charge in [0.25, 0.3) is 0 Å². The molecular formula is C15H18ClNOS. The molecule has 0 spiro atoms. The highest BCUT2D eigenvalue weighted by Gasteiger charge is 2.10. The molecule has 19 heavy (non-hydrogen) atoms. The Morgan fingerprint density at radius 1 is 1.21 bits per heavy atom. The van der Waals surface area contributed by atoms with Crippen molar-refractivity contribution in [3.8, 4) is 0 Å². The van der Waals surface area contributed by atoms with Crippen LogP contribution in [-0.4, -0.2) is 29.6 Å². The highest BCUT2D eigenvalue weighted by molar-refractivity contribution is 7.99. The Kier molecular flexibility index (Phi) is 7.38. The van der Waals surface area contributed by atoms with Crippen LogP contribution in [0.4, 0.5) is 0 Å². The van der Waals surface area contributed by atoms with E-state index in [4.69, 9.17) is 11.6 Å². The molecule has 0 unspecified atom stereocenters. The van der Waals surface area contributed by atoms with Crippen molar-refractivity contribution in [1.29, 1.82) is 0 Å². The van der Waals surface area contributed by atoms with Crippen LogP contribution in [0.15, 0.2) is 54.5 Å². The van der Waals surface area contributed by atoms with Crippen LogP contribution >= 0.6 is 23.4 Å². The molecule has 4 heteroatoms. The minimum Gasteiger partial charge on any atom is -0.335 e. The maximum atomic E-state index is 12.0. The van der Waals surface area contributed by atoms with Gasteiger partial charge in [-0.05, 0) is 24.3 Å². The zero-order chi connectivity index (χ0) is 14.1. The molecule has 1 rings (SSSR count). The van der Waals surface area contributed by atoms with E-state index >= 15 is 0 Å². The standard InChI is InChI=1S/C15H18ClNOS/c1-3-10-17(11-4-2)15(18)9-12-19-14-7-5-13(16)6-8-14/h3-8H,1-2,9-12H2. The molecule has 1 aromatic rings. The van der Waals surface area contributed by atoms with Crippen molar-refractivity contribution in [2.75, 3.05) is 18.8 Å². The summed E-state index contributed by atoms with van der Waals surface area (Å²) in [5, 5.41) is 0.726. The van der Waals surface area contributed by atoms with Crippen molar-refractivity contribution < 1.29 is 4.79 Å². The van der Waals surface area contributed by atoms with Gasteiger partial charge in [0.2, 0.25) is 5.91 Å². The fraction of sp³-hybridized carbons (Fsp3) is 0.267. The molecule has 0 saturated heterocycles. The summed E-state index contributed by atoms with van der Waals surface area (Å²) in [7, 11) is 0. The lowest BCUT2D eigenvalue weighted by atomic mass is 10.3. The summed E-state index contributed by atoms with van der Waals surface area (Å²) < 4.78 is 0. The van der Waals surface area contributed by atoms with E-state index in [0.717, 1.165) is 15.7 Å². The molecule has 0 atom stereocenters. The quantitative estimate of drug-likeness (QED) is 0.533. The summed E-state index contributed by atoms with van der Waals surface area (Å²) in [6.45, 7) is 8.44. The Bertz CT molecular complexity index is 420. The van der Waals surface area contributed by atoms with Gasteiger partial charge in [-0.25, -0.2) is 0 Å². The molecule has 0 aliphatic heterocycles. The van der Waals surface area contributed by atoms with Crippen molar-refractivity contribution in [2.45, 2.75) is 11.3 Å². The zero-order valence-electron chi connectivity index (χ0n) is 10.8. The summed E-state index contributed by atoms with van der Waals surface area (Å²) in [4.78, 5) is 14.8. The third-order valence-corrected chi connectivity index (χ3v) is 3.72. The van der Waals surface area contributed by atoms with Crippen molar-refractivity contribution in [1.82, 2.24) is 4.90 Å². The first-order valence-electron chi connectivity index (χ1n) is 6.05. The van der Waals surface area contributed by atoms with E-state index in [1.165, 1.54) is 0 Å². The van der Waals surface area contributed by atoms with E-state index in [-0.39, 0.29) is 5.91 Å². The molecule has 2 nitrogen and oxygen atoms in total. The smallest absolute Gasteiger partial charge is 0.223 e. The van der Waals surface area contributed by atoms with Crippen molar-refractivity contribution >= 4 is 29.3 Å². The largest absolute Gasteiger partial charge is 0.335 e. The molecule has 0 saturated carbocycles. The first-order chi connectivity index (χ1) is 9.17. The number of carbonyl (C=O) groups excluding carboxylic acids is 1. The second-order valence-corrected chi connectivity index (χ2v) is 5.53. The molecule has 0 bridgehead atoms. The molecule has 0 aliphatic carbocycles. The van der Waals surface area contributed by atoms with Crippen LogP contribution in [0.5, 0.6) is 0 Å². The molecule has 1 aromatic carbocycles. The van der Waals surface area contributed by atoms with Crippen LogP contribution in [0, 0.1) is 0 Å². The van der Waals surface area contributed by atoms with Crippen LogP contribution in [0.25, 0.3) is 0 Å². The predicted molar refractivity (Wildman–Crippen MR) is 83.8 cm³/mol. The Hall–Kier alpha value is -1.19. The Morgan fingerprint density at radius 2 is 1.79 bits per heavy atom. The predicted octanol–water partition coefficient (Wildman–Crippen LogP) is 4.02. The normalized spacial score (nSPS) is 9.95. The first-order valence-corrected chi connectivity index (χ1v) is 7.41. The van der Waals surface area contributed by atoms with Gasteiger partial charge in [0, 0.05) is 35.2 Å². The van der Waals surface area contributed by atoms with E-state index in [1.807, 2.05) is 24.3 Å². The van der Waals surface area contributed by atoms with Crippen LogP contribution in [0.3, 0.4) is 0 Å². The van der Waals surface area contributed by atoms with Gasteiger partial charge in [0.05, 0.1) is 0 Å². The first kappa shape index (κ1) is 15.9. The Morgan fingerprint density at radius 3 is 2.32 bits per heavy atom. The van der Waals surface area contributed by atoms with E-state index in [9.17, 15) is 4.79 Å². The lowest BCUT2D eigenvalue weighted by Crippen LogP contribution is -2.31. The zero-order valence-corrected chi connectivity index (χ0v) is 12.4. The topological polar surface area (TPSA) is 20.3 Å². The summed E-state index contributed by atoms with van der Waals surface area (Å²) in [6, 6.07) is 7.63. The SMILES string of the molecule is C=CCN(CC=C)C(=O)CCSc1ccc(Cl)cc1. The highest BCUT2D eigenvalue weighted by Crippen LogP contribution is 2.21. The molecular weight excluding hydrogens is 278 g/mol. The average Bonchev–Trinajstić information content (AvgIpc) is 2.40. The number of hydrogen-bond donors (Lipinski definition) is 0. The summed E-state index contributed by atoms with van der Waals surface area (Å²) >= 11 is 7.47. The Balaban J connectivity index is 2.38. The highest BCUT2D eigenvalue weighted by atomic mass is 35.5. The summed E-state index contributed by atoms with van der Waals surface area (Å²) in [6.07, 6.45) is 3.97. The van der Waals surface area contributed by atoms with Crippen molar-refractivity contribution in [3.05, 3.63) is 54.6 Å². The fourth-order valence-electron chi connectivity index (χ4n) is 1.53. The van der Waals surface area contributed by atoms with Crippen molar-refractivity contribution in [2.24, 2.45) is 0 Å². The molecule has 0 aromatic heterocycles. The number of benzene rings is 1. The number of rotatable bonds is 8. The molecule has 0 radical (unpaired) electrons. The second-order valence-electron chi connectivity index (χ2n) is 3.93. The average molecular weight is 296 g/mol. The van der Waals surface area contributed by atoms with Gasteiger partial charge in [0.15, 0.2) is 0 Å². The van der Waals surface area contributed by atoms with Crippen LogP contribution < -0.4 is 0 Å². The van der Waals surface area contributed by atoms with Crippen LogP contribution in [0.1, 0.15) is 6.42 Å². The van der Waals surface area contributed by atoms with Crippen LogP contribution in [0.2, 0.25) is 5.02 Å². The number of thioether (sulfide) groups is 1. The maximum Gasteiger partial charge on any atom is 0.223 e. The molecule has 0 aliphatic rings. The van der Waals surface area contributed by atoms with Gasteiger partial charge in [-0.3, -0.25) is 4.79 Å². The minimum atomic E-state index is 0.126. The minimum absolute atomic E-state index is 0.126. The van der Waals surface area contributed by atoms with Gasteiger partial charge >= 0.3 is 0 Å². The molecule has 0 heterocycles. The molecule has 102 valence electrons. The fourth-order valence-corrected chi connectivity index (χ4v) is 2.50. The monoisotopic (exact) mass is 295 g/mol. The lowest BCUT2D eigenvalue weighted by Gasteiger charge is -2.19. The molecule has 0 fully saturated rings. The second kappa shape index (κ2) is 8.83. The maximum absolute atomic E-state index is 12.0. The summed E-state index contributed by atoms with van der Waals surface area (Å²) in [5.74, 6) is 0.881. The van der Waals surface area contributed by atoms with Gasteiger partial charge in [0.1, 0.15) is 0 Å². The number of hydrogen-bond acceptors (Lipinski definition) is 2. The molecule has 0 N–H and O–H groups in total.